The molecule has 0 aromatic rings. The number of ether oxygens (including phenoxy) is 2. The van der Waals surface area contributed by atoms with Gasteiger partial charge in [-0.25, -0.2) is 0 Å². The van der Waals surface area contributed by atoms with Crippen LogP contribution in [0.15, 0.2) is 0 Å². The summed E-state index contributed by atoms with van der Waals surface area (Å²) in [4.78, 5) is 0. The minimum absolute atomic E-state index is 0.105. The Bertz CT molecular complexity index is 164. The van der Waals surface area contributed by atoms with Gasteiger partial charge in [-0.2, -0.15) is 5.26 Å². The van der Waals surface area contributed by atoms with E-state index < -0.39 is 0 Å². The van der Waals surface area contributed by atoms with Crippen molar-refractivity contribution in [3.63, 3.8) is 0 Å². The molecule has 68 valence electrons. The number of nitrogens with zero attached hydrogens (tertiary/aromatic N) is 1. The van der Waals surface area contributed by atoms with Gasteiger partial charge in [0.2, 0.25) is 0 Å². The molecule has 12 heavy (non-hydrogen) atoms. The molecule has 2 unspecified atom stereocenters. The van der Waals surface area contributed by atoms with E-state index in [4.69, 9.17) is 14.7 Å². The van der Waals surface area contributed by atoms with Gasteiger partial charge >= 0.3 is 0 Å². The molecule has 0 heterocycles. The van der Waals surface area contributed by atoms with Crippen LogP contribution in [0.4, 0.5) is 0 Å². The van der Waals surface area contributed by atoms with Gasteiger partial charge in [-0.3, -0.25) is 0 Å². The molecule has 0 aromatic heterocycles. The van der Waals surface area contributed by atoms with E-state index >= 15 is 0 Å². The van der Waals surface area contributed by atoms with Crippen LogP contribution >= 0.6 is 0 Å². The number of methoxy groups -OCH3 is 2. The number of hydrogen-bond donors (Lipinski definition) is 0. The predicted molar refractivity (Wildman–Crippen MR) is 44.5 cm³/mol. The Kier molecular flexibility index (Phi) is 3.51. The van der Waals surface area contributed by atoms with Crippen molar-refractivity contribution in [2.45, 2.75) is 31.5 Å². The molecular formula is C9H15NO2. The van der Waals surface area contributed by atoms with Crippen molar-refractivity contribution in [2.24, 2.45) is 5.92 Å². The van der Waals surface area contributed by atoms with Crippen molar-refractivity contribution < 1.29 is 9.47 Å². The summed E-state index contributed by atoms with van der Waals surface area (Å²) in [6, 6.07) is 2.27. The standard InChI is InChI=1S/C9H15NO2/c1-11-8-3-7(6-10)4-9(5-8)12-2/h7-9H,3-5H2,1-2H3. The quantitative estimate of drug-likeness (QED) is 0.626. The van der Waals surface area contributed by atoms with Crippen molar-refractivity contribution in [3.05, 3.63) is 0 Å². The molecule has 3 nitrogen and oxygen atoms in total. The summed E-state index contributed by atoms with van der Waals surface area (Å²) >= 11 is 0. The van der Waals surface area contributed by atoms with Crippen molar-refractivity contribution in [1.82, 2.24) is 0 Å². The fourth-order valence-corrected chi connectivity index (χ4v) is 1.71. The van der Waals surface area contributed by atoms with Crippen LogP contribution in [0, 0.1) is 17.2 Å². The first kappa shape index (κ1) is 9.50. The molecule has 0 aliphatic heterocycles. The first-order valence-electron chi connectivity index (χ1n) is 4.25. The second-order valence-electron chi connectivity index (χ2n) is 3.25. The average molecular weight is 169 g/mol. The number of hydrogen-bond acceptors (Lipinski definition) is 3. The van der Waals surface area contributed by atoms with Gasteiger partial charge in [-0.05, 0) is 19.3 Å². The highest BCUT2D eigenvalue weighted by atomic mass is 16.5. The molecule has 0 spiro atoms. The Morgan fingerprint density at radius 3 is 1.92 bits per heavy atom. The smallest absolute Gasteiger partial charge is 0.0657 e. The lowest BCUT2D eigenvalue weighted by molar-refractivity contribution is -0.0207. The second kappa shape index (κ2) is 4.44. The highest BCUT2D eigenvalue weighted by Crippen LogP contribution is 2.27. The van der Waals surface area contributed by atoms with E-state index in [0.717, 1.165) is 19.3 Å². The van der Waals surface area contributed by atoms with Gasteiger partial charge in [-0.15, -0.1) is 0 Å². The maximum Gasteiger partial charge on any atom is 0.0657 e. The summed E-state index contributed by atoms with van der Waals surface area (Å²) < 4.78 is 10.4. The first-order chi connectivity index (χ1) is 5.80. The van der Waals surface area contributed by atoms with E-state index in [-0.39, 0.29) is 18.1 Å². The SMILES string of the molecule is COC1CC(C#N)CC(OC)C1. The summed E-state index contributed by atoms with van der Waals surface area (Å²) in [7, 11) is 3.38. The molecule has 1 fully saturated rings. The topological polar surface area (TPSA) is 42.2 Å². The van der Waals surface area contributed by atoms with Crippen molar-refractivity contribution in [2.75, 3.05) is 14.2 Å². The van der Waals surface area contributed by atoms with Crippen molar-refractivity contribution in [3.8, 4) is 6.07 Å². The normalized spacial score (nSPS) is 35.9. The Balaban J connectivity index is 2.47. The monoisotopic (exact) mass is 169 g/mol. The fourth-order valence-electron chi connectivity index (χ4n) is 1.71. The largest absolute Gasteiger partial charge is 0.381 e. The first-order valence-corrected chi connectivity index (χ1v) is 4.25. The molecule has 2 atom stereocenters. The average Bonchev–Trinajstić information content (AvgIpc) is 2.16. The van der Waals surface area contributed by atoms with E-state index in [0.29, 0.717) is 0 Å². The van der Waals surface area contributed by atoms with Gasteiger partial charge in [0, 0.05) is 14.2 Å². The summed E-state index contributed by atoms with van der Waals surface area (Å²) in [5.41, 5.74) is 0. The highest BCUT2D eigenvalue weighted by molar-refractivity contribution is 4.91. The summed E-state index contributed by atoms with van der Waals surface area (Å²) in [6.45, 7) is 0. The van der Waals surface area contributed by atoms with E-state index in [1.807, 2.05) is 0 Å². The second-order valence-corrected chi connectivity index (χ2v) is 3.25. The van der Waals surface area contributed by atoms with Crippen LogP contribution in [0.5, 0.6) is 0 Å². The summed E-state index contributed by atoms with van der Waals surface area (Å²) in [5, 5.41) is 8.76. The Labute approximate surface area is 73.3 Å². The van der Waals surface area contributed by atoms with Gasteiger partial charge in [0.15, 0.2) is 0 Å². The predicted octanol–water partition coefficient (Wildman–Crippen LogP) is 1.34. The third kappa shape index (κ3) is 2.20. The molecule has 1 saturated carbocycles. The van der Waals surface area contributed by atoms with Crippen LogP contribution in [0.25, 0.3) is 0 Å². The van der Waals surface area contributed by atoms with Gasteiger partial charge < -0.3 is 9.47 Å². The zero-order chi connectivity index (χ0) is 8.97. The minimum Gasteiger partial charge on any atom is -0.381 e. The third-order valence-electron chi connectivity index (χ3n) is 2.47. The van der Waals surface area contributed by atoms with Crippen LogP contribution in [-0.2, 0) is 9.47 Å². The molecule has 0 bridgehead atoms. The molecule has 1 aliphatic rings. The van der Waals surface area contributed by atoms with E-state index in [2.05, 4.69) is 6.07 Å². The molecule has 1 rings (SSSR count). The molecule has 0 saturated heterocycles. The van der Waals surface area contributed by atoms with Gasteiger partial charge in [0.1, 0.15) is 0 Å². The van der Waals surface area contributed by atoms with E-state index in [1.165, 1.54) is 0 Å². The Morgan fingerprint density at radius 1 is 1.08 bits per heavy atom. The summed E-state index contributed by atoms with van der Waals surface area (Å²) in [6.07, 6.45) is 3.03. The number of nitriles is 1. The zero-order valence-corrected chi connectivity index (χ0v) is 7.62. The van der Waals surface area contributed by atoms with Crippen LogP contribution in [0.3, 0.4) is 0 Å². The maximum absolute atomic E-state index is 8.76. The molecule has 0 amide bonds. The van der Waals surface area contributed by atoms with Crippen LogP contribution in [-0.4, -0.2) is 26.4 Å². The lowest BCUT2D eigenvalue weighted by Gasteiger charge is -2.29. The molecule has 0 N–H and O–H groups in total. The fraction of sp³-hybridized carbons (Fsp3) is 0.889. The van der Waals surface area contributed by atoms with E-state index in [9.17, 15) is 0 Å². The Hall–Kier alpha value is -0.590. The Morgan fingerprint density at radius 2 is 1.58 bits per heavy atom. The molecule has 0 aromatic carbocycles. The highest BCUT2D eigenvalue weighted by Gasteiger charge is 2.28. The van der Waals surface area contributed by atoms with E-state index in [1.54, 1.807) is 14.2 Å². The van der Waals surface area contributed by atoms with Crippen molar-refractivity contribution >= 4 is 0 Å². The lowest BCUT2D eigenvalue weighted by atomic mass is 9.86. The van der Waals surface area contributed by atoms with Crippen LogP contribution in [0.2, 0.25) is 0 Å². The van der Waals surface area contributed by atoms with Gasteiger partial charge in [0.25, 0.3) is 0 Å². The maximum atomic E-state index is 8.76. The van der Waals surface area contributed by atoms with Gasteiger partial charge in [-0.1, -0.05) is 0 Å². The zero-order valence-electron chi connectivity index (χ0n) is 7.62. The molecule has 0 radical (unpaired) electrons. The molecular weight excluding hydrogens is 154 g/mol. The molecule has 3 heteroatoms. The summed E-state index contributed by atoms with van der Waals surface area (Å²) in [5.74, 6) is 0.105. The van der Waals surface area contributed by atoms with Gasteiger partial charge in [0.05, 0.1) is 24.2 Å². The lowest BCUT2D eigenvalue weighted by Crippen LogP contribution is -2.31. The molecule has 1 aliphatic carbocycles. The van der Waals surface area contributed by atoms with Crippen LogP contribution in [0.1, 0.15) is 19.3 Å². The van der Waals surface area contributed by atoms with Crippen molar-refractivity contribution in [1.29, 1.82) is 5.26 Å². The number of rotatable bonds is 2. The minimum atomic E-state index is 0.105. The third-order valence-corrected chi connectivity index (χ3v) is 2.47. The van der Waals surface area contributed by atoms with Crippen LogP contribution < -0.4 is 0 Å².